The number of halogens is 3. The number of rotatable bonds is 1. The van der Waals surface area contributed by atoms with Crippen LogP contribution in [0.3, 0.4) is 0 Å². The zero-order chi connectivity index (χ0) is 8.36. The van der Waals surface area contributed by atoms with Gasteiger partial charge in [0.1, 0.15) is 0 Å². The molecule has 2 nitrogen and oxygen atoms in total. The van der Waals surface area contributed by atoms with Crippen LogP contribution >= 0.6 is 12.6 Å². The third-order valence-electron chi connectivity index (χ3n) is 0.649. The molecule has 0 amide bonds. The second-order valence-electron chi connectivity index (χ2n) is 1.38. The number of carbonyl (C=O) groups excluding carboxylic acids is 1. The first-order valence-electron chi connectivity index (χ1n) is 2.05. The third kappa shape index (κ3) is 2.83. The van der Waals surface area contributed by atoms with E-state index in [0.717, 1.165) is 0 Å². The van der Waals surface area contributed by atoms with Crippen LogP contribution < -0.4 is 0 Å². The predicted octanol–water partition coefficient (Wildman–Crippen LogP) is -0.0616. The van der Waals surface area contributed by atoms with E-state index in [4.69, 9.17) is 0 Å². The van der Waals surface area contributed by atoms with Crippen LogP contribution in [-0.2, 0) is 8.52 Å². The molecule has 0 aliphatic rings. The summed E-state index contributed by atoms with van der Waals surface area (Å²) in [4.78, 5) is 10.2. The van der Waals surface area contributed by atoms with E-state index < -0.39 is 17.4 Å². The normalized spacial score (nSPS) is 14.5. The summed E-state index contributed by atoms with van der Waals surface area (Å²) in [5, 5.41) is -2.32. The van der Waals surface area contributed by atoms with Crippen LogP contribution in [0.15, 0.2) is 0 Å². The van der Waals surface area contributed by atoms with E-state index >= 15 is 0 Å². The van der Waals surface area contributed by atoms with E-state index in [-0.39, 0.29) is 0 Å². The van der Waals surface area contributed by atoms with E-state index in [1.807, 2.05) is 0 Å². The molecule has 0 heterocycles. The maximum atomic E-state index is 11.5. The molecule has 0 aromatic carbocycles. The zero-order valence-corrected chi connectivity index (χ0v) is 7.87. The SMILES string of the molecule is O=C(O[AsH2])C(S)C(F)(F)F. The Morgan fingerprint density at radius 3 is 2.10 bits per heavy atom. The second kappa shape index (κ2) is 3.53. The zero-order valence-electron chi connectivity index (χ0n) is 4.55. The van der Waals surface area contributed by atoms with Crippen molar-refractivity contribution in [3.8, 4) is 0 Å². The van der Waals surface area contributed by atoms with E-state index in [9.17, 15) is 18.0 Å². The van der Waals surface area contributed by atoms with Gasteiger partial charge in [-0.05, 0) is 0 Å². The minimum atomic E-state index is -4.62. The molecule has 0 saturated carbocycles. The molecule has 0 aliphatic heterocycles. The molecule has 60 valence electrons. The van der Waals surface area contributed by atoms with Crippen LogP contribution in [0.2, 0.25) is 0 Å². The number of thiol groups is 1. The first kappa shape index (κ1) is 10.2. The molecule has 0 saturated heterocycles. The molecule has 0 rings (SSSR count). The van der Waals surface area contributed by atoms with Crippen LogP contribution in [0.4, 0.5) is 13.2 Å². The Morgan fingerprint density at radius 1 is 1.60 bits per heavy atom. The van der Waals surface area contributed by atoms with Gasteiger partial charge in [0.2, 0.25) is 0 Å². The third-order valence-corrected chi connectivity index (χ3v) is 1.64. The van der Waals surface area contributed by atoms with Crippen molar-refractivity contribution in [2.24, 2.45) is 0 Å². The molecule has 0 aromatic rings. The van der Waals surface area contributed by atoms with Gasteiger partial charge in [0.25, 0.3) is 0 Å². The van der Waals surface area contributed by atoms with Crippen LogP contribution in [-0.4, -0.2) is 34.6 Å². The quantitative estimate of drug-likeness (QED) is 0.510. The summed E-state index contributed by atoms with van der Waals surface area (Å²) in [6.07, 6.45) is -4.62. The molecule has 0 spiro atoms. The van der Waals surface area contributed by atoms with Gasteiger partial charge in [0.05, 0.1) is 0 Å². The monoisotopic (exact) mass is 236 g/mol. The van der Waals surface area contributed by atoms with Gasteiger partial charge in [0.15, 0.2) is 0 Å². The molecule has 7 heteroatoms. The first-order valence-corrected chi connectivity index (χ1v) is 3.55. The van der Waals surface area contributed by atoms with Crippen molar-refractivity contribution in [3.63, 3.8) is 0 Å². The Labute approximate surface area is 69.4 Å². The van der Waals surface area contributed by atoms with Gasteiger partial charge in [-0.25, -0.2) is 0 Å². The van der Waals surface area contributed by atoms with Gasteiger partial charge in [-0.15, -0.1) is 0 Å². The maximum absolute atomic E-state index is 11.5. The Morgan fingerprint density at radius 2 is 2.00 bits per heavy atom. The summed E-state index contributed by atoms with van der Waals surface area (Å²) in [6, 6.07) is 0. The molecule has 0 N–H and O–H groups in total. The fourth-order valence-electron chi connectivity index (χ4n) is 0.198. The van der Waals surface area contributed by atoms with Crippen LogP contribution in [0.25, 0.3) is 0 Å². The topological polar surface area (TPSA) is 26.3 Å². The van der Waals surface area contributed by atoms with Crippen molar-refractivity contribution < 1.29 is 21.7 Å². The van der Waals surface area contributed by atoms with E-state index in [2.05, 4.69) is 16.4 Å². The standard InChI is InChI=1S/C3H4AsF3O2S/c4-9-2(8)1(10)3(5,6)7/h1,10H,4H2. The van der Waals surface area contributed by atoms with E-state index in [0.29, 0.717) is 17.2 Å². The molecule has 0 aliphatic carbocycles. The molecular formula is C3H4AsF3O2S. The second-order valence-corrected chi connectivity index (χ2v) is 2.39. The molecule has 10 heavy (non-hydrogen) atoms. The fourth-order valence-corrected chi connectivity index (χ4v) is 0.785. The van der Waals surface area contributed by atoms with Crippen molar-refractivity contribution in [2.45, 2.75) is 11.4 Å². The van der Waals surface area contributed by atoms with Crippen molar-refractivity contribution in [3.05, 3.63) is 0 Å². The van der Waals surface area contributed by atoms with Crippen LogP contribution in [0.5, 0.6) is 0 Å². The molecule has 2 atom stereocenters. The van der Waals surface area contributed by atoms with Crippen LogP contribution in [0.1, 0.15) is 0 Å². The Kier molecular flexibility index (Phi) is 3.59. The summed E-state index contributed by atoms with van der Waals surface area (Å²) in [6.45, 7) is 0. The minimum absolute atomic E-state index is 0.460. The number of carbonyl (C=O) groups is 1. The van der Waals surface area contributed by atoms with Crippen molar-refractivity contribution >= 4 is 35.8 Å². The van der Waals surface area contributed by atoms with Crippen molar-refractivity contribution in [2.75, 3.05) is 0 Å². The summed E-state index contributed by atoms with van der Waals surface area (Å²) < 4.78 is 38.4. The molecular weight excluding hydrogens is 232 g/mol. The Balaban J connectivity index is 4.08. The molecule has 0 aromatic heterocycles. The van der Waals surface area contributed by atoms with E-state index in [1.165, 1.54) is 0 Å². The van der Waals surface area contributed by atoms with Gasteiger partial charge in [0, 0.05) is 0 Å². The van der Waals surface area contributed by atoms with E-state index in [1.54, 1.807) is 0 Å². The average molecular weight is 236 g/mol. The van der Waals surface area contributed by atoms with Crippen molar-refractivity contribution in [1.29, 1.82) is 0 Å². The number of hydrogen-bond acceptors (Lipinski definition) is 3. The summed E-state index contributed by atoms with van der Waals surface area (Å²) in [5.74, 6) is -1.36. The Hall–Kier alpha value is 0.168. The summed E-state index contributed by atoms with van der Waals surface area (Å²) >= 11 is 3.46. The molecule has 0 radical (unpaired) electrons. The van der Waals surface area contributed by atoms with Crippen LogP contribution in [0, 0.1) is 0 Å². The fraction of sp³-hybridized carbons (Fsp3) is 0.667. The Bertz CT molecular complexity index is 136. The molecule has 2 unspecified atom stereocenters. The van der Waals surface area contributed by atoms with Gasteiger partial charge in [-0.2, -0.15) is 0 Å². The summed E-state index contributed by atoms with van der Waals surface area (Å²) in [5.41, 5.74) is 0. The number of hydrogen-bond donors (Lipinski definition) is 1. The first-order chi connectivity index (χ1) is 4.39. The number of alkyl halides is 3. The van der Waals surface area contributed by atoms with Gasteiger partial charge >= 0.3 is 68.9 Å². The van der Waals surface area contributed by atoms with Crippen molar-refractivity contribution in [1.82, 2.24) is 0 Å². The average Bonchev–Trinajstić information content (AvgIpc) is 1.83. The summed E-state index contributed by atoms with van der Waals surface area (Å²) in [7, 11) is 0. The predicted molar refractivity (Wildman–Crippen MR) is 33.5 cm³/mol. The van der Waals surface area contributed by atoms with Gasteiger partial charge < -0.3 is 0 Å². The van der Waals surface area contributed by atoms with Gasteiger partial charge in [-0.1, -0.05) is 0 Å². The van der Waals surface area contributed by atoms with Gasteiger partial charge in [-0.3, -0.25) is 0 Å². The molecule has 0 bridgehead atoms. The molecule has 0 fully saturated rings.